The Morgan fingerprint density at radius 3 is 2.64 bits per heavy atom. The fourth-order valence-corrected chi connectivity index (χ4v) is 4.75. The molecular weight excluding hydrogens is 452 g/mol. The molecule has 0 saturated carbocycles. The van der Waals surface area contributed by atoms with Crippen molar-refractivity contribution in [3.8, 4) is 11.4 Å². The summed E-state index contributed by atoms with van der Waals surface area (Å²) in [7, 11) is 5.94. The predicted molar refractivity (Wildman–Crippen MR) is 144 cm³/mol. The highest BCUT2D eigenvalue weighted by Crippen LogP contribution is 2.23. The zero-order chi connectivity index (χ0) is 25.5. The van der Waals surface area contributed by atoms with E-state index in [0.29, 0.717) is 18.3 Å². The van der Waals surface area contributed by atoms with E-state index in [2.05, 4.69) is 87.3 Å². The van der Waals surface area contributed by atoms with Crippen LogP contribution < -0.4 is 15.5 Å². The van der Waals surface area contributed by atoms with Crippen molar-refractivity contribution in [2.45, 2.75) is 32.6 Å². The number of piperidine rings is 1. The molecule has 2 N–H and O–H groups in total. The summed E-state index contributed by atoms with van der Waals surface area (Å²) in [5.74, 6) is 1.13. The molecule has 1 atom stereocenters. The van der Waals surface area contributed by atoms with Crippen molar-refractivity contribution in [3.63, 3.8) is 0 Å². The fraction of sp³-hybridized carbons (Fsp3) is 0.481. The minimum atomic E-state index is -0.177. The standard InChI is InChI=1S/C27H38N8O/c1-5-20-15-23(26-30-31-32-34(26)4)17-24(16-20)29-27(36)28-18-22-7-6-13-35(19-22)14-12-21-8-10-25(11-9-21)33(2)3/h8-11,15-17,22H,5-7,12-14,18-19H2,1-4H3,(H2,28,29,36)/t22-/m0/s1. The maximum atomic E-state index is 12.7. The van der Waals surface area contributed by atoms with Crippen LogP contribution in [0.2, 0.25) is 0 Å². The van der Waals surface area contributed by atoms with Crippen LogP contribution in [0.4, 0.5) is 16.2 Å². The maximum Gasteiger partial charge on any atom is 0.319 e. The van der Waals surface area contributed by atoms with Gasteiger partial charge in [0.15, 0.2) is 5.82 Å². The molecule has 1 aliphatic heterocycles. The molecule has 9 heteroatoms. The monoisotopic (exact) mass is 490 g/mol. The number of nitrogens with zero attached hydrogens (tertiary/aromatic N) is 6. The van der Waals surface area contributed by atoms with E-state index in [-0.39, 0.29) is 6.03 Å². The van der Waals surface area contributed by atoms with E-state index in [0.717, 1.165) is 55.7 Å². The average molecular weight is 491 g/mol. The molecule has 1 aromatic heterocycles. The van der Waals surface area contributed by atoms with E-state index in [1.165, 1.54) is 17.7 Å². The first kappa shape index (κ1) is 25.6. The number of amides is 2. The lowest BCUT2D eigenvalue weighted by Gasteiger charge is -2.32. The number of rotatable bonds is 9. The summed E-state index contributed by atoms with van der Waals surface area (Å²) in [5, 5.41) is 17.8. The molecule has 36 heavy (non-hydrogen) atoms. The van der Waals surface area contributed by atoms with E-state index in [1.54, 1.807) is 4.68 Å². The van der Waals surface area contributed by atoms with Crippen LogP contribution in [0.25, 0.3) is 11.4 Å². The number of aromatic nitrogens is 4. The number of urea groups is 1. The van der Waals surface area contributed by atoms with Gasteiger partial charge < -0.3 is 20.4 Å². The van der Waals surface area contributed by atoms with Gasteiger partial charge in [-0.2, -0.15) is 0 Å². The van der Waals surface area contributed by atoms with Gasteiger partial charge in [0.25, 0.3) is 0 Å². The van der Waals surface area contributed by atoms with Gasteiger partial charge in [-0.25, -0.2) is 9.48 Å². The molecule has 1 aliphatic rings. The maximum absolute atomic E-state index is 12.7. The Balaban J connectivity index is 1.26. The summed E-state index contributed by atoms with van der Waals surface area (Å²) in [6.45, 7) is 5.96. The minimum absolute atomic E-state index is 0.177. The van der Waals surface area contributed by atoms with Gasteiger partial charge in [-0.1, -0.05) is 19.1 Å². The van der Waals surface area contributed by atoms with Crippen molar-refractivity contribution in [3.05, 3.63) is 53.6 Å². The minimum Gasteiger partial charge on any atom is -0.378 e. The normalized spacial score (nSPS) is 16.1. The third kappa shape index (κ3) is 6.81. The van der Waals surface area contributed by atoms with E-state index in [9.17, 15) is 4.79 Å². The lowest BCUT2D eigenvalue weighted by molar-refractivity contribution is 0.174. The molecule has 4 rings (SSSR count). The van der Waals surface area contributed by atoms with Crippen molar-refractivity contribution in [2.24, 2.45) is 13.0 Å². The van der Waals surface area contributed by atoms with Crippen molar-refractivity contribution >= 4 is 17.4 Å². The second-order valence-corrected chi connectivity index (χ2v) is 9.85. The Kier molecular flexibility index (Phi) is 8.53. The molecule has 0 aliphatic carbocycles. The number of likely N-dealkylation sites (tertiary alicyclic amines) is 1. The predicted octanol–water partition coefficient (Wildman–Crippen LogP) is 3.58. The summed E-state index contributed by atoms with van der Waals surface area (Å²) in [4.78, 5) is 17.4. The highest BCUT2D eigenvalue weighted by atomic mass is 16.2. The Morgan fingerprint density at radius 2 is 1.94 bits per heavy atom. The van der Waals surface area contributed by atoms with Crippen LogP contribution in [-0.2, 0) is 19.9 Å². The number of hydrogen-bond donors (Lipinski definition) is 2. The third-order valence-electron chi connectivity index (χ3n) is 6.86. The van der Waals surface area contributed by atoms with Gasteiger partial charge in [0.1, 0.15) is 0 Å². The highest BCUT2D eigenvalue weighted by Gasteiger charge is 2.20. The molecule has 0 bridgehead atoms. The topological polar surface area (TPSA) is 91.2 Å². The van der Waals surface area contributed by atoms with Gasteiger partial charge in [0.05, 0.1) is 0 Å². The Bertz CT molecular complexity index is 1140. The number of hydrogen-bond acceptors (Lipinski definition) is 6. The molecule has 192 valence electrons. The van der Waals surface area contributed by atoms with Crippen LogP contribution in [0.3, 0.4) is 0 Å². The molecule has 9 nitrogen and oxygen atoms in total. The quantitative estimate of drug-likeness (QED) is 0.476. The number of tetrazole rings is 1. The van der Waals surface area contributed by atoms with E-state index >= 15 is 0 Å². The van der Waals surface area contributed by atoms with Crippen molar-refractivity contribution in [1.82, 2.24) is 30.4 Å². The number of carbonyl (C=O) groups is 1. The first-order valence-electron chi connectivity index (χ1n) is 12.8. The van der Waals surface area contributed by atoms with Crippen LogP contribution in [0.1, 0.15) is 30.9 Å². The summed E-state index contributed by atoms with van der Waals surface area (Å²) in [5.41, 5.74) is 5.34. The van der Waals surface area contributed by atoms with Gasteiger partial charge in [0.2, 0.25) is 0 Å². The molecule has 2 heterocycles. The molecule has 1 fully saturated rings. The molecule has 1 saturated heterocycles. The average Bonchev–Trinajstić information content (AvgIpc) is 3.32. The van der Waals surface area contributed by atoms with Crippen LogP contribution in [0.5, 0.6) is 0 Å². The third-order valence-corrected chi connectivity index (χ3v) is 6.86. The smallest absolute Gasteiger partial charge is 0.319 e. The molecular formula is C27H38N8O. The van der Waals surface area contributed by atoms with Crippen LogP contribution >= 0.6 is 0 Å². The summed E-state index contributed by atoms with van der Waals surface area (Å²) in [6, 6.07) is 14.6. The van der Waals surface area contributed by atoms with Crippen molar-refractivity contribution in [2.75, 3.05) is 50.5 Å². The Morgan fingerprint density at radius 1 is 1.14 bits per heavy atom. The molecule has 0 spiro atoms. The zero-order valence-corrected chi connectivity index (χ0v) is 21.9. The van der Waals surface area contributed by atoms with E-state index in [1.807, 2.05) is 19.2 Å². The SMILES string of the molecule is CCc1cc(NC(=O)NC[C@@H]2CCCN(CCc3ccc(N(C)C)cc3)C2)cc(-c2nnnn2C)c1. The number of aryl methyl sites for hydroxylation is 2. The van der Waals surface area contributed by atoms with Gasteiger partial charge in [-0.3, -0.25) is 0 Å². The van der Waals surface area contributed by atoms with Gasteiger partial charge in [0, 0.05) is 57.7 Å². The molecule has 0 unspecified atom stereocenters. The Hall–Kier alpha value is -3.46. The van der Waals surface area contributed by atoms with Gasteiger partial charge in [-0.15, -0.1) is 5.10 Å². The number of nitrogens with one attached hydrogen (secondary N) is 2. The lowest BCUT2D eigenvalue weighted by Crippen LogP contribution is -2.42. The van der Waals surface area contributed by atoms with Crippen LogP contribution in [0, 0.1) is 5.92 Å². The van der Waals surface area contributed by atoms with E-state index < -0.39 is 0 Å². The molecule has 2 aromatic carbocycles. The fourth-order valence-electron chi connectivity index (χ4n) is 4.75. The van der Waals surface area contributed by atoms with Crippen LogP contribution in [-0.4, -0.2) is 71.4 Å². The summed E-state index contributed by atoms with van der Waals surface area (Å²) < 4.78 is 1.63. The second kappa shape index (κ2) is 12.0. The Labute approximate surface area is 213 Å². The molecule has 2 amide bonds. The molecule has 0 radical (unpaired) electrons. The summed E-state index contributed by atoms with van der Waals surface area (Å²) >= 11 is 0. The largest absolute Gasteiger partial charge is 0.378 e. The first-order chi connectivity index (χ1) is 17.4. The molecule has 3 aromatic rings. The number of carbonyl (C=O) groups excluding carboxylic acids is 1. The number of benzene rings is 2. The van der Waals surface area contributed by atoms with Gasteiger partial charge >= 0.3 is 6.03 Å². The van der Waals surface area contributed by atoms with Crippen LogP contribution in [0.15, 0.2) is 42.5 Å². The first-order valence-corrected chi connectivity index (χ1v) is 12.8. The summed E-state index contributed by atoms with van der Waals surface area (Å²) in [6.07, 6.45) is 4.21. The number of anilines is 2. The van der Waals surface area contributed by atoms with E-state index in [4.69, 9.17) is 0 Å². The van der Waals surface area contributed by atoms with Crippen molar-refractivity contribution in [1.29, 1.82) is 0 Å². The zero-order valence-electron chi connectivity index (χ0n) is 21.9. The second-order valence-electron chi connectivity index (χ2n) is 9.85. The lowest BCUT2D eigenvalue weighted by atomic mass is 9.97. The highest BCUT2D eigenvalue weighted by molar-refractivity contribution is 5.90. The van der Waals surface area contributed by atoms with Gasteiger partial charge in [-0.05, 0) is 90.0 Å². The van der Waals surface area contributed by atoms with Crippen molar-refractivity contribution < 1.29 is 4.79 Å².